The van der Waals surface area contributed by atoms with Crippen molar-refractivity contribution in [3.63, 3.8) is 0 Å². The molecule has 0 fully saturated rings. The van der Waals surface area contributed by atoms with Gasteiger partial charge in [-0.25, -0.2) is 0 Å². The van der Waals surface area contributed by atoms with Crippen molar-refractivity contribution in [3.05, 3.63) is 59.9 Å². The highest BCUT2D eigenvalue weighted by atomic mass is 16.5. The largest absolute Gasteiger partial charge is 0.501 e. The number of fused-ring (bicyclic) bond motifs is 1. The second-order valence-corrected chi connectivity index (χ2v) is 5.12. The van der Waals surface area contributed by atoms with Crippen LogP contribution in [0.1, 0.15) is 18.4 Å². The summed E-state index contributed by atoms with van der Waals surface area (Å²) in [6.07, 6.45) is 4.87. The molecule has 0 saturated heterocycles. The summed E-state index contributed by atoms with van der Waals surface area (Å²) < 4.78 is 5.39. The first-order chi connectivity index (χ1) is 9.34. The molecule has 1 unspecified atom stereocenters. The Bertz CT molecular complexity index is 598. The summed E-state index contributed by atoms with van der Waals surface area (Å²) >= 11 is 0. The van der Waals surface area contributed by atoms with Crippen LogP contribution in [0.4, 0.5) is 0 Å². The quantitative estimate of drug-likeness (QED) is 0.909. The zero-order chi connectivity index (χ0) is 13.1. The molecule has 1 atom stereocenters. The van der Waals surface area contributed by atoms with Gasteiger partial charge in [0.1, 0.15) is 0 Å². The predicted octanol–water partition coefficient (Wildman–Crippen LogP) is 3.40. The molecule has 0 aliphatic carbocycles. The van der Waals surface area contributed by atoms with Crippen LogP contribution in [0.15, 0.2) is 54.3 Å². The SMILES string of the molecule is NC(Cc1cccc2ccccc12)C1=COCCC1. The van der Waals surface area contributed by atoms with Crippen LogP contribution in [0.5, 0.6) is 0 Å². The van der Waals surface area contributed by atoms with Gasteiger partial charge in [0.2, 0.25) is 0 Å². The predicted molar refractivity (Wildman–Crippen MR) is 78.9 cm³/mol. The van der Waals surface area contributed by atoms with Crippen molar-refractivity contribution < 1.29 is 4.74 Å². The van der Waals surface area contributed by atoms with E-state index in [1.165, 1.54) is 21.9 Å². The van der Waals surface area contributed by atoms with Crippen molar-refractivity contribution in [2.24, 2.45) is 5.73 Å². The van der Waals surface area contributed by atoms with E-state index in [2.05, 4.69) is 42.5 Å². The van der Waals surface area contributed by atoms with Gasteiger partial charge >= 0.3 is 0 Å². The molecule has 3 rings (SSSR count). The van der Waals surface area contributed by atoms with E-state index < -0.39 is 0 Å². The Hall–Kier alpha value is -1.80. The first kappa shape index (κ1) is 12.2. The van der Waals surface area contributed by atoms with Crippen molar-refractivity contribution in [2.45, 2.75) is 25.3 Å². The molecule has 98 valence electrons. The molecule has 0 aromatic heterocycles. The maximum absolute atomic E-state index is 6.32. The van der Waals surface area contributed by atoms with Gasteiger partial charge < -0.3 is 10.5 Å². The molecule has 0 saturated carbocycles. The molecule has 1 aliphatic rings. The maximum Gasteiger partial charge on any atom is 0.0876 e. The molecule has 2 aromatic rings. The number of nitrogens with two attached hydrogens (primary N) is 1. The third kappa shape index (κ3) is 2.64. The molecule has 19 heavy (non-hydrogen) atoms. The minimum absolute atomic E-state index is 0.0612. The fourth-order valence-electron chi connectivity index (χ4n) is 2.70. The first-order valence-electron chi connectivity index (χ1n) is 6.87. The van der Waals surface area contributed by atoms with Crippen LogP contribution < -0.4 is 5.73 Å². The van der Waals surface area contributed by atoms with Crippen molar-refractivity contribution >= 4 is 10.8 Å². The number of hydrogen-bond acceptors (Lipinski definition) is 2. The van der Waals surface area contributed by atoms with Crippen LogP contribution in [0.25, 0.3) is 10.8 Å². The molecule has 2 N–H and O–H groups in total. The topological polar surface area (TPSA) is 35.2 Å². The third-order valence-corrected chi connectivity index (χ3v) is 3.76. The van der Waals surface area contributed by atoms with E-state index in [0.29, 0.717) is 0 Å². The van der Waals surface area contributed by atoms with E-state index in [4.69, 9.17) is 10.5 Å². The van der Waals surface area contributed by atoms with Gasteiger partial charge in [-0.2, -0.15) is 0 Å². The van der Waals surface area contributed by atoms with Gasteiger partial charge in [0.05, 0.1) is 12.9 Å². The van der Waals surface area contributed by atoms with Gasteiger partial charge in [-0.3, -0.25) is 0 Å². The van der Waals surface area contributed by atoms with Crippen molar-refractivity contribution in [3.8, 4) is 0 Å². The van der Waals surface area contributed by atoms with Crippen LogP contribution >= 0.6 is 0 Å². The lowest BCUT2D eigenvalue weighted by Crippen LogP contribution is -2.27. The van der Waals surface area contributed by atoms with Crippen molar-refractivity contribution in [1.82, 2.24) is 0 Å². The van der Waals surface area contributed by atoms with Gasteiger partial charge in [0, 0.05) is 6.04 Å². The summed E-state index contributed by atoms with van der Waals surface area (Å²) in [5.74, 6) is 0. The van der Waals surface area contributed by atoms with Gasteiger partial charge in [-0.05, 0) is 41.2 Å². The number of hydrogen-bond donors (Lipinski definition) is 1. The van der Waals surface area contributed by atoms with E-state index >= 15 is 0 Å². The molecule has 0 radical (unpaired) electrons. The molecule has 2 heteroatoms. The molecule has 1 heterocycles. The summed E-state index contributed by atoms with van der Waals surface area (Å²) in [5.41, 5.74) is 8.88. The van der Waals surface area contributed by atoms with Crippen molar-refractivity contribution in [2.75, 3.05) is 6.61 Å². The van der Waals surface area contributed by atoms with Gasteiger partial charge in [0.25, 0.3) is 0 Å². The lowest BCUT2D eigenvalue weighted by atomic mass is 9.93. The lowest BCUT2D eigenvalue weighted by molar-refractivity contribution is 0.221. The Kier molecular flexibility index (Phi) is 3.51. The van der Waals surface area contributed by atoms with E-state index in [1.807, 2.05) is 6.26 Å². The Morgan fingerprint density at radius 2 is 1.95 bits per heavy atom. The van der Waals surface area contributed by atoms with Crippen LogP contribution in [-0.2, 0) is 11.2 Å². The fraction of sp³-hybridized carbons (Fsp3) is 0.294. The zero-order valence-corrected chi connectivity index (χ0v) is 11.0. The average Bonchev–Trinajstić information content (AvgIpc) is 2.48. The summed E-state index contributed by atoms with van der Waals surface area (Å²) in [6.45, 7) is 0.824. The third-order valence-electron chi connectivity index (χ3n) is 3.76. The first-order valence-corrected chi connectivity index (χ1v) is 6.87. The molecule has 2 nitrogen and oxygen atoms in total. The monoisotopic (exact) mass is 253 g/mol. The van der Waals surface area contributed by atoms with Gasteiger partial charge in [-0.1, -0.05) is 42.5 Å². The maximum atomic E-state index is 6.32. The minimum atomic E-state index is 0.0612. The summed E-state index contributed by atoms with van der Waals surface area (Å²) in [6, 6.07) is 15.0. The minimum Gasteiger partial charge on any atom is -0.501 e. The second kappa shape index (κ2) is 5.45. The second-order valence-electron chi connectivity index (χ2n) is 5.12. The van der Waals surface area contributed by atoms with Crippen LogP contribution in [0, 0.1) is 0 Å². The lowest BCUT2D eigenvalue weighted by Gasteiger charge is -2.20. The highest BCUT2D eigenvalue weighted by Crippen LogP contribution is 2.22. The van der Waals surface area contributed by atoms with E-state index in [1.54, 1.807) is 0 Å². The molecule has 0 amide bonds. The number of benzene rings is 2. The molecular formula is C17H19NO. The highest BCUT2D eigenvalue weighted by molar-refractivity contribution is 5.85. The Morgan fingerprint density at radius 1 is 1.11 bits per heavy atom. The molecule has 1 aliphatic heterocycles. The smallest absolute Gasteiger partial charge is 0.0876 e. The summed E-state index contributed by atoms with van der Waals surface area (Å²) in [7, 11) is 0. The molecule has 2 aromatic carbocycles. The van der Waals surface area contributed by atoms with Gasteiger partial charge in [-0.15, -0.1) is 0 Å². The highest BCUT2D eigenvalue weighted by Gasteiger charge is 2.14. The van der Waals surface area contributed by atoms with Crippen LogP contribution in [0.3, 0.4) is 0 Å². The van der Waals surface area contributed by atoms with Crippen LogP contribution in [-0.4, -0.2) is 12.6 Å². The molecule has 0 bridgehead atoms. The van der Waals surface area contributed by atoms with E-state index in [0.717, 1.165) is 25.9 Å². The normalized spacial score (nSPS) is 16.8. The fourth-order valence-corrected chi connectivity index (χ4v) is 2.70. The molecular weight excluding hydrogens is 234 g/mol. The molecule has 0 spiro atoms. The Labute approximate surface area is 113 Å². The van der Waals surface area contributed by atoms with Gasteiger partial charge in [0.15, 0.2) is 0 Å². The summed E-state index contributed by atoms with van der Waals surface area (Å²) in [4.78, 5) is 0. The number of rotatable bonds is 3. The standard InChI is InChI=1S/C17H19NO/c18-17(15-8-4-10-19-12-15)11-14-7-3-6-13-5-1-2-9-16(13)14/h1-3,5-7,9,12,17H,4,8,10-11,18H2. The summed E-state index contributed by atoms with van der Waals surface area (Å²) in [5, 5.41) is 2.58. The Morgan fingerprint density at radius 3 is 2.79 bits per heavy atom. The van der Waals surface area contributed by atoms with E-state index in [-0.39, 0.29) is 6.04 Å². The Balaban J connectivity index is 1.87. The van der Waals surface area contributed by atoms with Crippen molar-refractivity contribution in [1.29, 1.82) is 0 Å². The number of ether oxygens (including phenoxy) is 1. The van der Waals surface area contributed by atoms with Crippen LogP contribution in [0.2, 0.25) is 0 Å². The average molecular weight is 253 g/mol. The zero-order valence-electron chi connectivity index (χ0n) is 11.0. The van der Waals surface area contributed by atoms with E-state index in [9.17, 15) is 0 Å².